The second-order valence-corrected chi connectivity index (χ2v) is 3.74. The molecule has 0 saturated carbocycles. The molecule has 0 saturated heterocycles. The topological polar surface area (TPSA) is 0 Å². The van der Waals surface area contributed by atoms with Crippen LogP contribution in [0.5, 0.6) is 0 Å². The number of halogens is 2. The van der Waals surface area contributed by atoms with E-state index >= 15 is 0 Å². The monoisotopic (exact) mass is 241 g/mol. The molecule has 1 aliphatic rings. The maximum atomic E-state index is 4.67. The van der Waals surface area contributed by atoms with Crippen LogP contribution in [0.15, 0.2) is 24.3 Å². The molecule has 0 aromatic heterocycles. The zero-order chi connectivity index (χ0) is 8.36. The van der Waals surface area contributed by atoms with Crippen LogP contribution >= 0.6 is 20.2 Å². The summed E-state index contributed by atoms with van der Waals surface area (Å²) in [6.45, 7) is 0. The van der Waals surface area contributed by atoms with E-state index in [-0.39, 0.29) is 0 Å². The van der Waals surface area contributed by atoms with Crippen LogP contribution in [0, 0.1) is 0 Å². The van der Waals surface area contributed by atoms with Crippen LogP contribution < -0.4 is 0 Å². The Morgan fingerprint density at radius 2 is 1.27 bits per heavy atom. The van der Waals surface area contributed by atoms with Crippen molar-refractivity contribution in [2.24, 2.45) is 0 Å². The summed E-state index contributed by atoms with van der Waals surface area (Å²) in [4.78, 5) is 0. The number of hydrogen-bond acceptors (Lipinski definition) is 0. The van der Waals surface area contributed by atoms with Crippen molar-refractivity contribution in [3.63, 3.8) is 0 Å². The first kappa shape index (κ1) is 11.6. The Bertz CT molecular complexity index is 107. The Balaban J connectivity index is 0.000000292. The van der Waals surface area contributed by atoms with Gasteiger partial charge in [0.05, 0.1) is 0 Å². The van der Waals surface area contributed by atoms with E-state index in [2.05, 4.69) is 44.5 Å². The first-order valence-electron chi connectivity index (χ1n) is 3.54. The van der Waals surface area contributed by atoms with Crippen molar-refractivity contribution in [2.75, 3.05) is 0 Å². The fourth-order valence-electron chi connectivity index (χ4n) is 0.874. The van der Waals surface area contributed by atoms with Crippen molar-refractivity contribution in [3.05, 3.63) is 24.3 Å². The van der Waals surface area contributed by atoms with Gasteiger partial charge in [-0.15, -0.1) is 0 Å². The first-order chi connectivity index (χ1) is 5.41. The zero-order valence-electron chi connectivity index (χ0n) is 6.20. The van der Waals surface area contributed by atoms with Crippen molar-refractivity contribution in [2.45, 2.75) is 25.7 Å². The minimum atomic E-state index is 0.757. The minimum absolute atomic E-state index is 0.757. The molecule has 0 N–H and O–H groups in total. The molecular formula is C8H12Cl2Cu. The van der Waals surface area contributed by atoms with Gasteiger partial charge in [0, 0.05) is 0 Å². The number of rotatable bonds is 0. The maximum absolute atomic E-state index is 4.67. The van der Waals surface area contributed by atoms with Gasteiger partial charge in [-0.1, -0.05) is 24.3 Å². The van der Waals surface area contributed by atoms with Gasteiger partial charge in [0.15, 0.2) is 0 Å². The van der Waals surface area contributed by atoms with Crippen molar-refractivity contribution < 1.29 is 13.1 Å². The normalized spacial score (nSPS) is 16.5. The van der Waals surface area contributed by atoms with E-state index in [1.165, 1.54) is 25.7 Å². The van der Waals surface area contributed by atoms with E-state index in [0.29, 0.717) is 0 Å². The summed E-state index contributed by atoms with van der Waals surface area (Å²) in [6.07, 6.45) is 14.0. The average molecular weight is 243 g/mol. The molecule has 11 heavy (non-hydrogen) atoms. The second-order valence-electron chi connectivity index (χ2n) is 2.18. The van der Waals surface area contributed by atoms with Gasteiger partial charge in [-0.25, -0.2) is 0 Å². The summed E-state index contributed by atoms with van der Waals surface area (Å²) >= 11 is 0.757. The molecule has 0 radical (unpaired) electrons. The van der Waals surface area contributed by atoms with Crippen LogP contribution in [0.2, 0.25) is 0 Å². The molecule has 0 bridgehead atoms. The van der Waals surface area contributed by atoms with Gasteiger partial charge in [0.1, 0.15) is 0 Å². The van der Waals surface area contributed by atoms with Crippen LogP contribution in [-0.4, -0.2) is 0 Å². The third-order valence-corrected chi connectivity index (χ3v) is 1.37. The predicted octanol–water partition coefficient (Wildman–Crippen LogP) is 4.05. The Hall–Kier alpha value is 0.579. The Morgan fingerprint density at radius 3 is 1.64 bits per heavy atom. The van der Waals surface area contributed by atoms with Gasteiger partial charge < -0.3 is 0 Å². The Morgan fingerprint density at radius 1 is 0.909 bits per heavy atom. The molecule has 1 aliphatic carbocycles. The van der Waals surface area contributed by atoms with Gasteiger partial charge in [-0.3, -0.25) is 0 Å². The van der Waals surface area contributed by atoms with Crippen molar-refractivity contribution in [1.82, 2.24) is 0 Å². The second kappa shape index (κ2) is 10.6. The number of hydrogen-bond donors (Lipinski definition) is 0. The van der Waals surface area contributed by atoms with Crippen molar-refractivity contribution in [1.29, 1.82) is 0 Å². The van der Waals surface area contributed by atoms with E-state index in [1.54, 1.807) is 0 Å². The van der Waals surface area contributed by atoms with Crippen LogP contribution in [0.25, 0.3) is 0 Å². The summed E-state index contributed by atoms with van der Waals surface area (Å²) in [7, 11) is 9.34. The van der Waals surface area contributed by atoms with Crippen molar-refractivity contribution in [3.8, 4) is 0 Å². The number of allylic oxidation sites excluding steroid dienone is 4. The molecular weight excluding hydrogens is 231 g/mol. The predicted molar refractivity (Wildman–Crippen MR) is 48.5 cm³/mol. The summed E-state index contributed by atoms with van der Waals surface area (Å²) in [5, 5.41) is 0. The third-order valence-electron chi connectivity index (χ3n) is 1.37. The van der Waals surface area contributed by atoms with Crippen LogP contribution in [0.1, 0.15) is 25.7 Å². The van der Waals surface area contributed by atoms with Crippen molar-refractivity contribution >= 4 is 20.2 Å². The molecule has 0 amide bonds. The van der Waals surface area contributed by atoms with Gasteiger partial charge in [0.2, 0.25) is 0 Å². The standard InChI is InChI=1S/C8H12.2ClH.Cu/c1-2-4-6-8-7-5-3-1;;;/h1-4H,5-8H2;2*1H;/q;;;+2/p-2. The molecule has 0 unspecified atom stereocenters. The molecule has 0 aromatic rings. The first-order valence-corrected chi connectivity index (χ1v) is 6.14. The summed E-state index contributed by atoms with van der Waals surface area (Å²) < 4.78 is 0. The average Bonchev–Trinajstić information content (AvgIpc) is 1.86. The SMILES string of the molecule is C1=CCCCCC=C1.[Cl][Cu][Cl]. The molecule has 69 valence electrons. The summed E-state index contributed by atoms with van der Waals surface area (Å²) in [5.74, 6) is 0. The molecule has 0 atom stereocenters. The van der Waals surface area contributed by atoms with Gasteiger partial charge in [-0.05, 0) is 25.7 Å². The zero-order valence-corrected chi connectivity index (χ0v) is 8.65. The van der Waals surface area contributed by atoms with E-state index in [9.17, 15) is 0 Å². The Kier molecular flexibility index (Phi) is 11.1. The van der Waals surface area contributed by atoms with Gasteiger partial charge in [-0.2, -0.15) is 0 Å². The van der Waals surface area contributed by atoms with E-state index in [0.717, 1.165) is 13.1 Å². The molecule has 3 heteroatoms. The molecule has 0 spiro atoms. The summed E-state index contributed by atoms with van der Waals surface area (Å²) in [5.41, 5.74) is 0. The van der Waals surface area contributed by atoms with E-state index < -0.39 is 0 Å². The van der Waals surface area contributed by atoms with Gasteiger partial charge in [0.25, 0.3) is 0 Å². The van der Waals surface area contributed by atoms with Crippen LogP contribution in [-0.2, 0) is 13.1 Å². The molecule has 0 fully saturated rings. The molecule has 1 rings (SSSR count). The van der Waals surface area contributed by atoms with Crippen LogP contribution in [0.3, 0.4) is 0 Å². The third kappa shape index (κ3) is 10.6. The van der Waals surface area contributed by atoms with Crippen LogP contribution in [0.4, 0.5) is 0 Å². The Labute approximate surface area is 83.3 Å². The molecule has 0 aromatic carbocycles. The molecule has 0 aliphatic heterocycles. The van der Waals surface area contributed by atoms with E-state index in [1.807, 2.05) is 0 Å². The molecule has 0 nitrogen and oxygen atoms in total. The van der Waals surface area contributed by atoms with E-state index in [4.69, 9.17) is 0 Å². The quantitative estimate of drug-likeness (QED) is 0.562. The van der Waals surface area contributed by atoms with Gasteiger partial charge >= 0.3 is 33.3 Å². The molecule has 0 heterocycles. The summed E-state index contributed by atoms with van der Waals surface area (Å²) in [6, 6.07) is 0. The fourth-order valence-corrected chi connectivity index (χ4v) is 0.874. The fraction of sp³-hybridized carbons (Fsp3) is 0.500.